The number of aromatic nitrogens is 4. The van der Waals surface area contributed by atoms with Crippen LogP contribution in [-0.2, 0) is 92.3 Å². The molecule has 0 radical (unpaired) electrons. The molecule has 0 unspecified atom stereocenters. The number of sulfone groups is 2. The van der Waals surface area contributed by atoms with Crippen LogP contribution in [0.1, 0.15) is 181 Å². The maximum absolute atomic E-state index is 12.8. The van der Waals surface area contributed by atoms with Crippen molar-refractivity contribution in [1.82, 2.24) is 24.0 Å². The number of aromatic carboxylic acids is 1. The molecule has 0 saturated carbocycles. The van der Waals surface area contributed by atoms with E-state index in [2.05, 4.69) is 194 Å². The standard InChI is InChI=1S/C28H30N2O3S.C21H23NO2.2C19H19NO2.C9H13NO2S.C4H8O.ClH.Na.H2O/c1-4-30-25(16-21-8-6-20(3)7-9-21)18-24-17-23(12-15-27(24)30)28(31)29-19-22-10-13-26(14-11-22)34(32,33)5-2;1-4-22-19(12-16-8-6-15(3)7-9-16)14-18-13-17(10-11-20(18)22)21(23)24-5-2;1-3-22-19(21)15-8-9-18-16(11-15)12-17(20-18)10-14-6-4-13(2)5-7-14;1-3-20-17(10-14-6-4-13(2)5-7-14)12-16-11-15(19(21)22)8-9-18(16)20;1-2-13(11,12)9-5-3-8(7-10)4-6-9;1-2-4-5-3-1;;;/h6-15,17-18H,4-5,16,19H2,1-3H3,(H,29,31);6-11,13-14H,4-5,12H2,1-3H3;4-9,11-12,20H,3,10H2,1-2H3;4-9,11-12H,3,10H2,1-2H3,(H,21,22);3-6H,2,7,10H2,1H3;1-4H2;1H;;1H2/q;;;;;;;+1;/p-1. The molecule has 1 aliphatic rings. The van der Waals surface area contributed by atoms with E-state index in [0.29, 0.717) is 58.3 Å². The number of aromatic amines is 1. The average Bonchev–Trinajstić information content (AvgIpc) is 1.65. The van der Waals surface area contributed by atoms with E-state index < -0.39 is 25.6 Å². The van der Waals surface area contributed by atoms with Crippen molar-refractivity contribution in [3.8, 4) is 0 Å². The Morgan fingerprint density at radius 1 is 0.423 bits per heavy atom. The molecule has 5 heterocycles. The number of ether oxygens (including phenoxy) is 3. The van der Waals surface area contributed by atoms with Gasteiger partial charge in [0.1, 0.15) is 0 Å². The van der Waals surface area contributed by atoms with Gasteiger partial charge in [0.15, 0.2) is 19.7 Å². The van der Waals surface area contributed by atoms with Gasteiger partial charge in [-0.25, -0.2) is 31.2 Å². The van der Waals surface area contributed by atoms with Gasteiger partial charge < -0.3 is 54.5 Å². The van der Waals surface area contributed by atoms with E-state index in [9.17, 15) is 36.0 Å². The number of carboxylic acids is 1. The molecule has 1 fully saturated rings. The van der Waals surface area contributed by atoms with Gasteiger partial charge in [-0.1, -0.05) is 157 Å². The molecular formula is C100H114ClN6NaO13S2. The van der Waals surface area contributed by atoms with E-state index in [0.717, 1.165) is 119 Å². The minimum Gasteiger partial charge on any atom is -0.870 e. The third-order valence-electron chi connectivity index (χ3n) is 21.0. The average molecular weight is 1730 g/mol. The van der Waals surface area contributed by atoms with Crippen molar-refractivity contribution >= 4 is 99.5 Å². The molecule has 1 saturated heterocycles. The molecule has 6 N–H and O–H groups in total. The number of nitrogens with zero attached hydrogens (tertiary/aromatic N) is 3. The Morgan fingerprint density at radius 2 is 0.756 bits per heavy atom. The van der Waals surface area contributed by atoms with Gasteiger partial charge >= 0.3 is 47.5 Å². The number of carbonyl (C=O) groups is 4. The van der Waals surface area contributed by atoms with Crippen LogP contribution in [0.25, 0.3) is 43.6 Å². The minimum absolute atomic E-state index is 0. The molecule has 0 bridgehead atoms. The Labute approximate surface area is 752 Å². The summed E-state index contributed by atoms with van der Waals surface area (Å²) in [5, 5.41) is 16.2. The number of halogens is 1. The Hall–Kier alpha value is -10.7. The second-order valence-corrected chi connectivity index (χ2v) is 34.3. The van der Waals surface area contributed by atoms with Crippen molar-refractivity contribution in [2.24, 2.45) is 5.73 Å². The summed E-state index contributed by atoms with van der Waals surface area (Å²) >= 11 is 0. The molecule has 123 heavy (non-hydrogen) atoms. The zero-order valence-electron chi connectivity index (χ0n) is 72.6. The SMILES string of the molecule is C1CCOC1.CCOC(=O)c1ccc2[nH]c(Cc3ccc(C)cc3)cc2c1.CCOC(=O)c1ccc2c(c1)cc(Cc1ccc(C)cc1)n2CC.CCS(=O)(=O)c1ccc(CN)cc1.CCn1c(Cc2ccc(C)cc2)cc2cc(C(=O)NCc3ccc(S(=O)(=O)CC)cc3)ccc21.CCn1c(Cc2ccc(C)cc2)cc2cc(C(=O)O)ccc21.Cl.[Na+].[OH-]. The largest absolute Gasteiger partial charge is 1.00 e. The van der Waals surface area contributed by atoms with Gasteiger partial charge in [-0.2, -0.15) is 0 Å². The van der Waals surface area contributed by atoms with Crippen LogP contribution in [0.2, 0.25) is 0 Å². The molecule has 1 aliphatic heterocycles. The Balaban J connectivity index is 0.000000212. The van der Waals surface area contributed by atoms with E-state index in [4.69, 9.17) is 25.1 Å². The number of hydrogen-bond acceptors (Lipinski definition) is 13. The number of rotatable bonds is 24. The van der Waals surface area contributed by atoms with E-state index in [1.54, 1.807) is 80.6 Å². The topological polar surface area (TPSA) is 283 Å². The zero-order chi connectivity index (χ0) is 86.0. The van der Waals surface area contributed by atoms with Gasteiger partial charge in [0.25, 0.3) is 5.91 Å². The number of amides is 1. The fourth-order valence-corrected chi connectivity index (χ4v) is 16.0. The van der Waals surface area contributed by atoms with Crippen molar-refractivity contribution in [2.75, 3.05) is 37.9 Å². The van der Waals surface area contributed by atoms with E-state index in [1.165, 1.54) is 74.4 Å². The molecule has 4 aromatic heterocycles. The summed E-state index contributed by atoms with van der Waals surface area (Å²) in [5.74, 6) is -1.37. The van der Waals surface area contributed by atoms with Crippen molar-refractivity contribution in [1.29, 1.82) is 0 Å². The van der Waals surface area contributed by atoms with Gasteiger partial charge in [-0.3, -0.25) is 4.79 Å². The molecule has 642 valence electrons. The number of carbonyl (C=O) groups excluding carboxylic acids is 3. The predicted molar refractivity (Wildman–Crippen MR) is 493 cm³/mol. The summed E-state index contributed by atoms with van der Waals surface area (Å²) in [4.78, 5) is 51.7. The van der Waals surface area contributed by atoms with Crippen molar-refractivity contribution in [3.63, 3.8) is 0 Å². The third-order valence-corrected chi connectivity index (χ3v) is 24.5. The van der Waals surface area contributed by atoms with Gasteiger partial charge in [0, 0.05) is 144 Å². The quantitative estimate of drug-likeness (QED) is 0.0323. The number of H-pyrrole nitrogens is 1. The van der Waals surface area contributed by atoms with Crippen LogP contribution in [0.4, 0.5) is 0 Å². The second-order valence-electron chi connectivity index (χ2n) is 29.8. The first kappa shape index (κ1) is 99.4. The van der Waals surface area contributed by atoms with Crippen LogP contribution in [0.5, 0.6) is 0 Å². The first-order valence-corrected chi connectivity index (χ1v) is 44.5. The minimum atomic E-state index is -3.23. The third kappa shape index (κ3) is 27.7. The number of esters is 2. The predicted octanol–water partition coefficient (Wildman–Crippen LogP) is 17.5. The summed E-state index contributed by atoms with van der Waals surface area (Å²) in [6.07, 6.45) is 5.99. The van der Waals surface area contributed by atoms with Crippen molar-refractivity contribution in [3.05, 3.63) is 343 Å². The Kier molecular flexibility index (Phi) is 38.6. The molecule has 14 aromatic rings. The van der Waals surface area contributed by atoms with Crippen LogP contribution in [0.15, 0.2) is 252 Å². The number of fused-ring (bicyclic) bond motifs is 4. The van der Waals surface area contributed by atoms with Crippen molar-refractivity contribution < 1.29 is 90.4 Å². The second kappa shape index (κ2) is 47.8. The fourth-order valence-electron chi connectivity index (χ4n) is 14.2. The van der Waals surface area contributed by atoms with Gasteiger partial charge in [0.05, 0.1) is 51.2 Å². The van der Waals surface area contributed by atoms with E-state index >= 15 is 0 Å². The summed E-state index contributed by atoms with van der Waals surface area (Å²) < 4.78 is 68.6. The van der Waals surface area contributed by atoms with E-state index in [-0.39, 0.29) is 76.8 Å². The Morgan fingerprint density at radius 3 is 1.11 bits per heavy atom. The monoisotopic (exact) mass is 1730 g/mol. The maximum Gasteiger partial charge on any atom is 1.00 e. The number of hydrogen-bond donors (Lipinski definition) is 4. The summed E-state index contributed by atoms with van der Waals surface area (Å²) in [7, 11) is -6.29. The first-order chi connectivity index (χ1) is 57.7. The molecular weight excluding hydrogens is 1620 g/mol. The molecule has 0 atom stereocenters. The number of carboxylic acid groups (broad SMARTS) is 1. The summed E-state index contributed by atoms with van der Waals surface area (Å²) in [5.41, 5.74) is 28.7. The fraction of sp³-hybridized carbons (Fsp3) is 0.280. The van der Waals surface area contributed by atoms with Crippen LogP contribution >= 0.6 is 12.4 Å². The molecule has 0 aliphatic carbocycles. The normalized spacial score (nSPS) is 11.4. The van der Waals surface area contributed by atoms with Gasteiger partial charge in [-0.15, -0.1) is 12.4 Å². The van der Waals surface area contributed by atoms with Crippen LogP contribution in [0, 0.1) is 27.7 Å². The van der Waals surface area contributed by atoms with Crippen LogP contribution in [-0.4, -0.2) is 108 Å². The molecule has 0 spiro atoms. The molecule has 23 heteroatoms. The van der Waals surface area contributed by atoms with Gasteiger partial charge in [-0.05, 0) is 230 Å². The molecule has 10 aromatic carbocycles. The number of benzene rings is 10. The summed E-state index contributed by atoms with van der Waals surface area (Å²) in [6, 6.07) is 78.7. The van der Waals surface area contributed by atoms with Gasteiger partial charge in [0.2, 0.25) is 0 Å². The number of nitrogens with two attached hydrogens (primary N) is 1. The van der Waals surface area contributed by atoms with E-state index in [1.807, 2.05) is 68.4 Å². The molecule has 15 rings (SSSR count). The first-order valence-electron chi connectivity index (χ1n) is 41.2. The zero-order valence-corrected chi connectivity index (χ0v) is 77.1. The molecule has 1 amide bonds. The number of nitrogens with one attached hydrogen (secondary N) is 2. The molecule has 19 nitrogen and oxygen atoms in total. The number of aryl methyl sites for hydroxylation is 7. The van der Waals surface area contributed by atoms with Crippen molar-refractivity contribution in [2.45, 2.75) is 157 Å². The smallest absolute Gasteiger partial charge is 0.870 e. The maximum atomic E-state index is 12.8. The van der Waals surface area contributed by atoms with Crippen LogP contribution < -0.4 is 40.6 Å². The summed E-state index contributed by atoms with van der Waals surface area (Å²) in [6.45, 7) is 27.8. The Bertz CT molecular complexity index is 6030. The van der Waals surface area contributed by atoms with Crippen LogP contribution in [0.3, 0.4) is 0 Å².